The maximum Gasteiger partial charge on any atom is 0.204 e. The zero-order valence-corrected chi connectivity index (χ0v) is 34.5. The maximum atomic E-state index is 16.4. The van der Waals surface area contributed by atoms with Crippen molar-refractivity contribution in [2.75, 3.05) is 13.2 Å². The Morgan fingerprint density at radius 2 is 0.810 bits per heavy atom. The number of H-pyrrole nitrogens is 2. The van der Waals surface area contributed by atoms with Gasteiger partial charge in [-0.2, -0.15) is 8.78 Å². The molecule has 9 nitrogen and oxygen atoms in total. The number of aromatic nitrogens is 4. The molecule has 9 rings (SSSR count). The summed E-state index contributed by atoms with van der Waals surface area (Å²) in [7, 11) is 0. The van der Waals surface area contributed by atoms with Gasteiger partial charge in [-0.3, -0.25) is 0 Å². The van der Waals surface area contributed by atoms with Crippen molar-refractivity contribution >= 4 is 46.4 Å². The van der Waals surface area contributed by atoms with Crippen molar-refractivity contribution in [1.29, 1.82) is 0 Å². The van der Waals surface area contributed by atoms with Crippen LogP contribution in [0.4, 0.5) is 17.6 Å². The number of aliphatic hydroxyl groups is 1. The molecular formula is C47H32Ar3F4N4O5. The van der Waals surface area contributed by atoms with Crippen LogP contribution in [0.15, 0.2) is 97.1 Å². The number of fused-ring (bicyclic) bond motifs is 8. The van der Waals surface area contributed by atoms with Crippen LogP contribution in [-0.4, -0.2) is 53.6 Å². The monoisotopic (exact) mass is 928 g/mol. The number of hydrogen-bond acceptors (Lipinski definition) is 7. The first-order valence-corrected chi connectivity index (χ1v) is 18.7. The molecular weight excluding hydrogens is 896 g/mol. The van der Waals surface area contributed by atoms with E-state index in [2.05, 4.69) is 9.97 Å². The number of rotatable bonds is 8. The number of aromatic amines is 2. The fourth-order valence-corrected chi connectivity index (χ4v) is 7.56. The van der Waals surface area contributed by atoms with E-state index in [1.54, 1.807) is 72.8 Å². The third kappa shape index (κ3) is 9.46. The van der Waals surface area contributed by atoms with Crippen molar-refractivity contribution in [3.05, 3.63) is 143 Å². The Hall–Kier alpha value is -3.86. The van der Waals surface area contributed by atoms with E-state index in [4.69, 9.17) is 19.8 Å². The molecule has 63 heavy (non-hydrogen) atoms. The maximum absolute atomic E-state index is 16.4. The number of phenolic OH excluding ortho intramolecular Hbond substituents is 3. The molecule has 4 aromatic carbocycles. The molecule has 7 aromatic rings. The van der Waals surface area contributed by atoms with Crippen molar-refractivity contribution in [1.82, 2.24) is 19.9 Å². The van der Waals surface area contributed by atoms with E-state index in [9.17, 15) is 15.3 Å². The Labute approximate surface area is 446 Å². The largest absolute Gasteiger partial charge is 0.508 e. The van der Waals surface area contributed by atoms with E-state index in [0.29, 0.717) is 61.3 Å². The van der Waals surface area contributed by atoms with Crippen LogP contribution in [0.5, 0.6) is 23.0 Å². The summed E-state index contributed by atoms with van der Waals surface area (Å²) in [5.74, 6) is -8.35. The first kappa shape index (κ1) is 48.6. The summed E-state index contributed by atoms with van der Waals surface area (Å²) in [4.78, 5) is 16.6. The molecule has 0 unspecified atom stereocenters. The Balaban J connectivity index is 0.00000220. The molecule has 0 fully saturated rings. The average molecular weight is 929 g/mol. The van der Waals surface area contributed by atoms with Gasteiger partial charge in [0.15, 0.2) is 17.4 Å². The Bertz CT molecular complexity index is 3060. The molecule has 0 aliphatic carbocycles. The van der Waals surface area contributed by atoms with Crippen LogP contribution >= 0.6 is 0 Å². The van der Waals surface area contributed by atoms with Gasteiger partial charge in [0.25, 0.3) is 0 Å². The quantitative estimate of drug-likeness (QED) is 0.0505. The third-order valence-electron chi connectivity index (χ3n) is 10.2. The molecule has 0 atom stereocenters. The smallest absolute Gasteiger partial charge is 0.204 e. The minimum atomic E-state index is -1.77. The zero-order valence-electron chi connectivity index (χ0n) is 32.3. The molecule has 322 valence electrons. The summed E-state index contributed by atoms with van der Waals surface area (Å²) < 4.78 is 69.5. The molecule has 0 spiro atoms. The second kappa shape index (κ2) is 20.5. The molecule has 0 amide bonds. The molecule has 0 saturated heterocycles. The number of phenols is 3. The van der Waals surface area contributed by atoms with Crippen molar-refractivity contribution in [3.8, 4) is 67.5 Å². The summed E-state index contributed by atoms with van der Waals surface area (Å²) in [6, 6.07) is 26.2. The summed E-state index contributed by atoms with van der Waals surface area (Å²) in [5.41, 5.74) is 4.38. The Morgan fingerprint density at radius 1 is 0.460 bits per heavy atom. The van der Waals surface area contributed by atoms with Gasteiger partial charge in [0.2, 0.25) is 11.6 Å². The number of benzene rings is 4. The fourth-order valence-electron chi connectivity index (χ4n) is 7.56. The van der Waals surface area contributed by atoms with E-state index >= 15 is 17.6 Å². The predicted molar refractivity (Wildman–Crippen MR) is 223 cm³/mol. The molecule has 2 aliphatic heterocycles. The van der Waals surface area contributed by atoms with Crippen molar-refractivity contribution in [2.45, 2.75) is 6.42 Å². The molecule has 6 N–H and O–H groups in total. The van der Waals surface area contributed by atoms with E-state index in [-0.39, 0.29) is 166 Å². The first-order valence-electron chi connectivity index (χ1n) is 18.7. The minimum Gasteiger partial charge on any atom is -0.508 e. The van der Waals surface area contributed by atoms with Gasteiger partial charge in [0.05, 0.1) is 34.9 Å². The predicted octanol–water partition coefficient (Wildman–Crippen LogP) is 10.8. The summed E-state index contributed by atoms with van der Waals surface area (Å²) >= 11 is 0. The number of halogens is 4. The van der Waals surface area contributed by atoms with Crippen molar-refractivity contribution < 1.29 is 156 Å². The molecule has 0 saturated carbocycles. The van der Waals surface area contributed by atoms with Gasteiger partial charge >= 0.3 is 0 Å². The van der Waals surface area contributed by atoms with Crippen molar-refractivity contribution in [3.63, 3.8) is 0 Å². The second-order valence-corrected chi connectivity index (χ2v) is 14.0. The van der Waals surface area contributed by atoms with Gasteiger partial charge in [-0.25, -0.2) is 18.7 Å². The van der Waals surface area contributed by atoms with E-state index < -0.39 is 41.2 Å². The molecule has 2 aliphatic rings. The van der Waals surface area contributed by atoms with Gasteiger partial charge in [-0.15, -0.1) is 0 Å². The van der Waals surface area contributed by atoms with Crippen LogP contribution in [0.3, 0.4) is 0 Å². The SMILES string of the molecule is OCCCOc1c(F)c(F)c(-c2c3nc(c(-c4cccc(O)c4)c4ccc([nH]4)c(-c4cccc(O)c4)c4nc(c(-c5cccc(O)c5)c5ccc2[nH]5)C=C4)C=C3)c(F)c1F.[Ar].[Ar].[Ar]. The van der Waals surface area contributed by atoms with Crippen LogP contribution < -0.4 is 4.74 Å². The zero-order chi connectivity index (χ0) is 41.7. The van der Waals surface area contributed by atoms with Crippen LogP contribution in [0.2, 0.25) is 0 Å². The average Bonchev–Trinajstić information content (AvgIpc) is 4.08. The van der Waals surface area contributed by atoms with Crippen LogP contribution in [0, 0.1) is 136 Å². The van der Waals surface area contributed by atoms with Crippen molar-refractivity contribution in [2.24, 2.45) is 0 Å². The molecule has 8 bridgehead atoms. The fraction of sp³-hybridized carbons (Fsp3) is 0.0638. The molecule has 16 heteroatoms. The number of nitrogens with zero attached hydrogens (tertiary/aromatic N) is 2. The Kier molecular flexibility index (Phi) is 15.8. The third-order valence-corrected chi connectivity index (χ3v) is 10.2. The van der Waals surface area contributed by atoms with Gasteiger partial charge in [0, 0.05) is 171 Å². The van der Waals surface area contributed by atoms with E-state index in [0.717, 1.165) is 0 Å². The number of hydrogen-bond donors (Lipinski definition) is 6. The Morgan fingerprint density at radius 3 is 1.16 bits per heavy atom. The molecule has 5 heterocycles. The summed E-state index contributed by atoms with van der Waals surface area (Å²) in [6.07, 6.45) is 6.56. The van der Waals surface area contributed by atoms with Gasteiger partial charge in [0.1, 0.15) is 17.2 Å². The number of ether oxygens (including phenoxy) is 1. The molecule has 0 radical (unpaired) electrons. The van der Waals surface area contributed by atoms with Crippen LogP contribution in [0.1, 0.15) is 29.2 Å². The summed E-state index contributed by atoms with van der Waals surface area (Å²) in [5, 5.41) is 40.9. The van der Waals surface area contributed by atoms with Gasteiger partial charge < -0.3 is 35.1 Å². The minimum absolute atomic E-state index is 0. The van der Waals surface area contributed by atoms with Gasteiger partial charge in [-0.05, 0) is 102 Å². The van der Waals surface area contributed by atoms with E-state index in [1.165, 1.54) is 36.4 Å². The van der Waals surface area contributed by atoms with Crippen LogP contribution in [0.25, 0.3) is 90.9 Å². The first-order chi connectivity index (χ1) is 29.1. The second-order valence-electron chi connectivity index (χ2n) is 14.0. The van der Waals surface area contributed by atoms with E-state index in [1.807, 2.05) is 12.1 Å². The topological polar surface area (TPSA) is 148 Å². The number of aliphatic hydroxyl groups excluding tert-OH is 1. The molecule has 3 aromatic heterocycles. The summed E-state index contributed by atoms with van der Waals surface area (Å²) in [6.45, 7) is -0.783. The number of aromatic hydroxyl groups is 3. The van der Waals surface area contributed by atoms with Crippen LogP contribution in [-0.2, 0) is 0 Å². The standard InChI is InChI=1S/C47H32F4N4O5.3Ar/c48-43-42(44(49)46(51)47(45(43)50)60-20-4-19-56)41-36-17-15-34(54-36)39(25-6-2-9-28(58)22-25)32-13-11-30(52-32)38(24-5-1-8-27(57)21-24)31-12-14-33(53-31)40(35-16-18-37(41)55-35)26-7-3-10-29(59)23-26;;;/h1-3,5-18,21-23,52,55-59H,4,19-20H2;;;. The van der Waals surface area contributed by atoms with Gasteiger partial charge in [-0.1, -0.05) is 36.4 Å². The number of nitrogens with one attached hydrogen (secondary N) is 2. The normalized spacial score (nSPS) is 11.4.